The smallest absolute Gasteiger partial charge is 0.255 e. The summed E-state index contributed by atoms with van der Waals surface area (Å²) < 4.78 is 12.1. The Hall–Kier alpha value is -3.39. The molecule has 0 radical (unpaired) electrons. The maximum absolute atomic E-state index is 12.4. The van der Waals surface area contributed by atoms with Gasteiger partial charge in [0.1, 0.15) is 12.1 Å². The number of carbonyl (C=O) groups is 1. The summed E-state index contributed by atoms with van der Waals surface area (Å²) in [5.74, 6) is 0.739. The van der Waals surface area contributed by atoms with Gasteiger partial charge in [-0.15, -0.1) is 5.10 Å². The van der Waals surface area contributed by atoms with Gasteiger partial charge in [-0.3, -0.25) is 4.79 Å². The van der Waals surface area contributed by atoms with Crippen molar-refractivity contribution in [2.24, 2.45) is 0 Å². The lowest BCUT2D eigenvalue weighted by Crippen LogP contribution is -2.48. The van der Waals surface area contributed by atoms with Crippen molar-refractivity contribution in [2.75, 3.05) is 25.6 Å². The number of hydrogen-bond acceptors (Lipinski definition) is 6. The van der Waals surface area contributed by atoms with E-state index in [4.69, 9.17) is 9.47 Å². The van der Waals surface area contributed by atoms with Crippen LogP contribution in [0.1, 0.15) is 10.4 Å². The molecule has 0 saturated carbocycles. The number of para-hydroxylation sites is 1. The van der Waals surface area contributed by atoms with E-state index in [0.29, 0.717) is 30.5 Å². The molecule has 4 rings (SSSR count). The summed E-state index contributed by atoms with van der Waals surface area (Å²) in [6, 6.07) is 15.0. The third-order valence-electron chi connectivity index (χ3n) is 4.19. The Morgan fingerprint density at radius 3 is 2.74 bits per heavy atom. The molecule has 0 unspecified atom stereocenters. The lowest BCUT2D eigenvalue weighted by Gasteiger charge is -2.27. The van der Waals surface area contributed by atoms with Crippen molar-refractivity contribution in [1.82, 2.24) is 20.1 Å². The van der Waals surface area contributed by atoms with Crippen molar-refractivity contribution in [3.63, 3.8) is 0 Å². The topological polar surface area (TPSA) is 90.3 Å². The van der Waals surface area contributed by atoms with E-state index in [1.165, 1.54) is 7.11 Å². The molecular weight excluding hydrogens is 346 g/mol. The molecule has 1 fully saturated rings. The molecule has 1 aliphatic rings. The first kappa shape index (κ1) is 17.0. The van der Waals surface area contributed by atoms with Crippen molar-refractivity contribution < 1.29 is 14.3 Å². The van der Waals surface area contributed by atoms with Gasteiger partial charge in [0.25, 0.3) is 5.91 Å². The van der Waals surface area contributed by atoms with E-state index >= 15 is 0 Å². The first-order valence-electron chi connectivity index (χ1n) is 8.53. The molecule has 138 valence electrons. The van der Waals surface area contributed by atoms with Crippen LogP contribution in [0.25, 0.3) is 5.69 Å². The molecule has 0 bridgehead atoms. The number of carbonyl (C=O) groups excluding carboxylic acids is 1. The van der Waals surface area contributed by atoms with Gasteiger partial charge < -0.3 is 20.1 Å². The molecule has 0 atom stereocenters. The summed E-state index contributed by atoms with van der Waals surface area (Å²) in [5, 5.41) is 10.4. The van der Waals surface area contributed by atoms with Crippen LogP contribution in [0.4, 0.5) is 11.6 Å². The number of amides is 1. The van der Waals surface area contributed by atoms with Crippen molar-refractivity contribution in [3.05, 3.63) is 60.4 Å². The van der Waals surface area contributed by atoms with Crippen molar-refractivity contribution in [3.8, 4) is 11.4 Å². The predicted molar refractivity (Wildman–Crippen MR) is 99.7 cm³/mol. The Kier molecular flexibility index (Phi) is 4.71. The average molecular weight is 365 g/mol. The number of aromatic nitrogens is 3. The summed E-state index contributed by atoms with van der Waals surface area (Å²) >= 11 is 0. The Morgan fingerprint density at radius 1 is 1.22 bits per heavy atom. The minimum atomic E-state index is -0.182. The first-order valence-corrected chi connectivity index (χ1v) is 8.53. The van der Waals surface area contributed by atoms with Crippen LogP contribution in [0.15, 0.2) is 54.9 Å². The highest BCUT2D eigenvalue weighted by Crippen LogP contribution is 2.25. The fourth-order valence-corrected chi connectivity index (χ4v) is 2.69. The van der Waals surface area contributed by atoms with Crippen LogP contribution in [0.2, 0.25) is 0 Å². The van der Waals surface area contributed by atoms with Gasteiger partial charge in [-0.25, -0.2) is 4.68 Å². The molecule has 3 aromatic rings. The van der Waals surface area contributed by atoms with Crippen molar-refractivity contribution in [2.45, 2.75) is 6.04 Å². The molecule has 1 aliphatic heterocycles. The predicted octanol–water partition coefficient (Wildman–Crippen LogP) is 2.15. The number of hydrogen-bond donors (Lipinski definition) is 2. The van der Waals surface area contributed by atoms with Crippen LogP contribution >= 0.6 is 0 Å². The number of methoxy groups -OCH3 is 1. The molecule has 2 heterocycles. The Labute approximate surface area is 156 Å². The summed E-state index contributed by atoms with van der Waals surface area (Å²) in [4.78, 5) is 16.6. The minimum absolute atomic E-state index is 0.0613. The summed E-state index contributed by atoms with van der Waals surface area (Å²) in [5.41, 5.74) is 2.11. The van der Waals surface area contributed by atoms with Crippen LogP contribution in [-0.2, 0) is 4.74 Å². The van der Waals surface area contributed by atoms with E-state index in [9.17, 15) is 4.79 Å². The Bertz CT molecular complexity index is 938. The summed E-state index contributed by atoms with van der Waals surface area (Å²) in [6.07, 6.45) is 1.64. The average Bonchev–Trinajstić information content (AvgIpc) is 3.13. The number of rotatable bonds is 6. The molecule has 1 saturated heterocycles. The number of nitrogens with zero attached hydrogens (tertiary/aromatic N) is 3. The third-order valence-corrected chi connectivity index (χ3v) is 4.19. The molecule has 1 aromatic heterocycles. The van der Waals surface area contributed by atoms with E-state index in [1.54, 1.807) is 29.2 Å². The molecule has 2 aromatic carbocycles. The van der Waals surface area contributed by atoms with Crippen LogP contribution in [0.5, 0.6) is 5.75 Å². The van der Waals surface area contributed by atoms with Crippen LogP contribution in [-0.4, -0.2) is 47.0 Å². The van der Waals surface area contributed by atoms with Gasteiger partial charge in [-0.2, -0.15) is 4.98 Å². The van der Waals surface area contributed by atoms with Gasteiger partial charge in [0.15, 0.2) is 0 Å². The first-order chi connectivity index (χ1) is 13.2. The fraction of sp³-hybridized carbons (Fsp3) is 0.211. The molecule has 0 spiro atoms. The fourth-order valence-electron chi connectivity index (χ4n) is 2.69. The normalized spacial score (nSPS) is 13.7. The largest absolute Gasteiger partial charge is 0.496 e. The Morgan fingerprint density at radius 2 is 2.04 bits per heavy atom. The van der Waals surface area contributed by atoms with E-state index in [-0.39, 0.29) is 11.9 Å². The minimum Gasteiger partial charge on any atom is -0.496 e. The van der Waals surface area contributed by atoms with Gasteiger partial charge >= 0.3 is 0 Å². The van der Waals surface area contributed by atoms with Gasteiger partial charge in [0, 0.05) is 11.8 Å². The highest BCUT2D eigenvalue weighted by atomic mass is 16.5. The molecular formula is C19H19N5O3. The highest BCUT2D eigenvalue weighted by Gasteiger charge is 2.22. The van der Waals surface area contributed by atoms with E-state index in [1.807, 2.05) is 30.3 Å². The standard InChI is InChI=1S/C19H19N5O3/c1-26-17-9-13(7-8-16(17)18(25)21-14-10-27-11-14)22-19-20-12-24(23-19)15-5-3-2-4-6-15/h2-9,12,14H,10-11H2,1H3,(H,21,25)(H,22,23). The number of anilines is 2. The maximum atomic E-state index is 12.4. The quantitative estimate of drug-likeness (QED) is 0.696. The van der Waals surface area contributed by atoms with Gasteiger partial charge in [-0.05, 0) is 24.3 Å². The molecule has 2 N–H and O–H groups in total. The van der Waals surface area contributed by atoms with Gasteiger partial charge in [0.2, 0.25) is 5.95 Å². The lowest BCUT2D eigenvalue weighted by atomic mass is 10.1. The van der Waals surface area contributed by atoms with Crippen molar-refractivity contribution in [1.29, 1.82) is 0 Å². The summed E-state index contributed by atoms with van der Waals surface area (Å²) in [6.45, 7) is 1.09. The molecule has 8 heteroatoms. The zero-order valence-corrected chi connectivity index (χ0v) is 14.8. The molecule has 27 heavy (non-hydrogen) atoms. The monoisotopic (exact) mass is 365 g/mol. The molecule has 1 amide bonds. The zero-order valence-electron chi connectivity index (χ0n) is 14.8. The van der Waals surface area contributed by atoms with Gasteiger partial charge in [-0.1, -0.05) is 18.2 Å². The SMILES string of the molecule is COc1cc(Nc2ncn(-c3ccccc3)n2)ccc1C(=O)NC1COC1. The molecule has 0 aliphatic carbocycles. The maximum Gasteiger partial charge on any atom is 0.255 e. The number of benzene rings is 2. The third kappa shape index (κ3) is 3.75. The van der Waals surface area contributed by atoms with Crippen LogP contribution < -0.4 is 15.4 Å². The lowest BCUT2D eigenvalue weighted by molar-refractivity contribution is -0.00350. The number of nitrogens with one attached hydrogen (secondary N) is 2. The van der Waals surface area contributed by atoms with Crippen LogP contribution in [0.3, 0.4) is 0 Å². The van der Waals surface area contributed by atoms with E-state index < -0.39 is 0 Å². The zero-order chi connectivity index (χ0) is 18.6. The highest BCUT2D eigenvalue weighted by molar-refractivity contribution is 5.97. The Balaban J connectivity index is 1.49. The van der Waals surface area contributed by atoms with Crippen LogP contribution in [0, 0.1) is 0 Å². The second-order valence-corrected chi connectivity index (χ2v) is 6.10. The second-order valence-electron chi connectivity index (χ2n) is 6.10. The number of ether oxygens (including phenoxy) is 2. The summed E-state index contributed by atoms with van der Waals surface area (Å²) in [7, 11) is 1.53. The van der Waals surface area contributed by atoms with E-state index in [0.717, 1.165) is 11.4 Å². The van der Waals surface area contributed by atoms with E-state index in [2.05, 4.69) is 20.7 Å². The van der Waals surface area contributed by atoms with Crippen molar-refractivity contribution >= 4 is 17.5 Å². The second kappa shape index (κ2) is 7.46. The molecule has 8 nitrogen and oxygen atoms in total. The van der Waals surface area contributed by atoms with Gasteiger partial charge in [0.05, 0.1) is 37.6 Å².